The van der Waals surface area contributed by atoms with Gasteiger partial charge in [0.2, 0.25) is 0 Å². The number of hydrogen-bond donors (Lipinski definition) is 0. The number of nitrogens with zero attached hydrogens (tertiary/aromatic N) is 5. The third-order valence-electron chi connectivity index (χ3n) is 5.97. The Labute approximate surface area is 166 Å². The lowest BCUT2D eigenvalue weighted by atomic mass is 9.90. The highest BCUT2D eigenvalue weighted by atomic mass is 15.4. The highest BCUT2D eigenvalue weighted by Crippen LogP contribution is 2.33. The molecule has 3 aromatic rings. The van der Waals surface area contributed by atoms with E-state index >= 15 is 0 Å². The first kappa shape index (κ1) is 17.2. The van der Waals surface area contributed by atoms with Crippen molar-refractivity contribution in [3.63, 3.8) is 0 Å². The first-order valence-electron chi connectivity index (χ1n) is 10.2. The molecule has 1 saturated heterocycles. The molecule has 142 valence electrons. The number of rotatable bonds is 4. The summed E-state index contributed by atoms with van der Waals surface area (Å²) in [4.78, 5) is 9.42. The van der Waals surface area contributed by atoms with Crippen LogP contribution in [0.15, 0.2) is 60.8 Å². The Balaban J connectivity index is 1.26. The molecule has 2 aliphatic heterocycles. The Morgan fingerprint density at radius 2 is 1.68 bits per heavy atom. The van der Waals surface area contributed by atoms with Gasteiger partial charge in [-0.05, 0) is 48.8 Å². The van der Waals surface area contributed by atoms with E-state index in [2.05, 4.69) is 74.6 Å². The molecule has 0 radical (unpaired) electrons. The lowest BCUT2D eigenvalue weighted by Crippen LogP contribution is -2.35. The zero-order valence-electron chi connectivity index (χ0n) is 16.0. The van der Waals surface area contributed by atoms with Crippen LogP contribution in [0.1, 0.15) is 24.0 Å². The van der Waals surface area contributed by atoms with E-state index in [4.69, 9.17) is 4.98 Å². The second-order valence-corrected chi connectivity index (χ2v) is 7.77. The van der Waals surface area contributed by atoms with Gasteiger partial charge in [0.1, 0.15) is 0 Å². The van der Waals surface area contributed by atoms with Crippen LogP contribution in [-0.4, -0.2) is 34.8 Å². The van der Waals surface area contributed by atoms with E-state index in [0.29, 0.717) is 5.95 Å². The van der Waals surface area contributed by atoms with E-state index in [9.17, 15) is 0 Å². The molecule has 0 unspecified atom stereocenters. The Bertz CT molecular complexity index is 934. The summed E-state index contributed by atoms with van der Waals surface area (Å²) in [7, 11) is 0. The standard InChI is InChI=1S/C23H25N5/c1-2-6-18(7-3-1)16-19-10-13-27(14-11-19)22-17-24-26-23(25-22)28-15-12-20-8-4-5-9-21(20)28/h1-9,17,19H,10-16H2. The SMILES string of the molecule is c1ccc(CC2CCN(c3cnnc(N4CCc5ccccc54)n3)CC2)cc1. The fourth-order valence-corrected chi connectivity index (χ4v) is 4.41. The van der Waals surface area contributed by atoms with Crippen molar-refractivity contribution >= 4 is 17.5 Å². The molecule has 28 heavy (non-hydrogen) atoms. The van der Waals surface area contributed by atoms with Gasteiger partial charge < -0.3 is 9.80 Å². The summed E-state index contributed by atoms with van der Waals surface area (Å²) in [6, 6.07) is 19.3. The van der Waals surface area contributed by atoms with Crippen molar-refractivity contribution in [2.24, 2.45) is 5.92 Å². The maximum atomic E-state index is 4.86. The van der Waals surface area contributed by atoms with Gasteiger partial charge in [-0.3, -0.25) is 0 Å². The number of para-hydroxylation sites is 1. The number of fused-ring (bicyclic) bond motifs is 1. The van der Waals surface area contributed by atoms with Gasteiger partial charge in [0.25, 0.3) is 5.95 Å². The Kier molecular flexibility index (Phi) is 4.65. The molecule has 0 saturated carbocycles. The summed E-state index contributed by atoms with van der Waals surface area (Å²) in [6.07, 6.45) is 6.41. The fraction of sp³-hybridized carbons (Fsp3) is 0.348. The molecule has 5 heteroatoms. The predicted octanol–water partition coefficient (Wildman–Crippen LogP) is 4.02. The summed E-state index contributed by atoms with van der Waals surface area (Å²) in [6.45, 7) is 2.99. The van der Waals surface area contributed by atoms with Gasteiger partial charge in [-0.2, -0.15) is 10.1 Å². The van der Waals surface area contributed by atoms with E-state index in [1.807, 2.05) is 6.20 Å². The summed E-state index contributed by atoms with van der Waals surface area (Å²) < 4.78 is 0. The van der Waals surface area contributed by atoms with Crippen molar-refractivity contribution in [3.8, 4) is 0 Å². The fourth-order valence-electron chi connectivity index (χ4n) is 4.41. The zero-order valence-corrected chi connectivity index (χ0v) is 16.0. The lowest BCUT2D eigenvalue weighted by molar-refractivity contribution is 0.402. The molecular weight excluding hydrogens is 346 g/mol. The second-order valence-electron chi connectivity index (χ2n) is 7.77. The molecular formula is C23H25N5. The van der Waals surface area contributed by atoms with Crippen molar-refractivity contribution in [1.29, 1.82) is 0 Å². The van der Waals surface area contributed by atoms with Gasteiger partial charge >= 0.3 is 0 Å². The van der Waals surface area contributed by atoms with Gasteiger partial charge in [0.15, 0.2) is 5.82 Å². The molecule has 1 fully saturated rings. The maximum Gasteiger partial charge on any atom is 0.251 e. The Hall–Kier alpha value is -2.95. The van der Waals surface area contributed by atoms with Crippen molar-refractivity contribution in [2.75, 3.05) is 29.4 Å². The second kappa shape index (κ2) is 7.58. The number of benzene rings is 2. The molecule has 1 aromatic heterocycles. The first-order chi connectivity index (χ1) is 13.9. The van der Waals surface area contributed by atoms with E-state index in [-0.39, 0.29) is 0 Å². The van der Waals surface area contributed by atoms with Gasteiger partial charge in [-0.25, -0.2) is 0 Å². The van der Waals surface area contributed by atoms with Gasteiger partial charge in [-0.1, -0.05) is 48.5 Å². The van der Waals surface area contributed by atoms with Crippen LogP contribution in [0.3, 0.4) is 0 Å². The van der Waals surface area contributed by atoms with Crippen LogP contribution in [0.25, 0.3) is 0 Å². The molecule has 0 amide bonds. The Morgan fingerprint density at radius 3 is 2.54 bits per heavy atom. The van der Waals surface area contributed by atoms with Crippen LogP contribution >= 0.6 is 0 Å². The van der Waals surface area contributed by atoms with Crippen LogP contribution < -0.4 is 9.80 Å². The molecule has 0 N–H and O–H groups in total. The summed E-state index contributed by atoms with van der Waals surface area (Å²) in [5, 5.41) is 8.59. The molecule has 0 atom stereocenters. The summed E-state index contributed by atoms with van der Waals surface area (Å²) in [5.41, 5.74) is 4.01. The quantitative estimate of drug-likeness (QED) is 0.693. The molecule has 5 nitrogen and oxygen atoms in total. The van der Waals surface area contributed by atoms with E-state index < -0.39 is 0 Å². The van der Waals surface area contributed by atoms with Crippen LogP contribution in [0, 0.1) is 5.92 Å². The van der Waals surface area contributed by atoms with Crippen molar-refractivity contribution < 1.29 is 0 Å². The third-order valence-corrected chi connectivity index (χ3v) is 5.97. The lowest BCUT2D eigenvalue weighted by Gasteiger charge is -2.33. The largest absolute Gasteiger partial charge is 0.355 e. The number of hydrogen-bond acceptors (Lipinski definition) is 5. The molecule has 5 rings (SSSR count). The molecule has 3 heterocycles. The molecule has 0 bridgehead atoms. The summed E-state index contributed by atoms with van der Waals surface area (Å²) in [5.74, 6) is 2.42. The minimum atomic E-state index is 0.717. The summed E-state index contributed by atoms with van der Waals surface area (Å²) >= 11 is 0. The van der Waals surface area contributed by atoms with E-state index in [0.717, 1.165) is 37.8 Å². The minimum absolute atomic E-state index is 0.717. The van der Waals surface area contributed by atoms with Crippen molar-refractivity contribution in [1.82, 2.24) is 15.2 Å². The van der Waals surface area contributed by atoms with E-state index in [1.165, 1.54) is 36.1 Å². The minimum Gasteiger partial charge on any atom is -0.355 e. The maximum absolute atomic E-state index is 4.86. The van der Waals surface area contributed by atoms with Gasteiger partial charge in [0.05, 0.1) is 6.20 Å². The van der Waals surface area contributed by atoms with Crippen molar-refractivity contribution in [3.05, 3.63) is 71.9 Å². The average molecular weight is 371 g/mol. The number of anilines is 3. The number of piperidine rings is 1. The molecule has 2 aliphatic rings. The monoisotopic (exact) mass is 371 g/mol. The highest BCUT2D eigenvalue weighted by molar-refractivity contribution is 5.66. The van der Waals surface area contributed by atoms with Gasteiger partial charge in [0, 0.05) is 25.3 Å². The molecule has 0 spiro atoms. The normalized spacial score (nSPS) is 17.0. The first-order valence-corrected chi connectivity index (χ1v) is 10.2. The zero-order chi connectivity index (χ0) is 18.8. The van der Waals surface area contributed by atoms with Crippen LogP contribution in [0.5, 0.6) is 0 Å². The Morgan fingerprint density at radius 1 is 0.893 bits per heavy atom. The van der Waals surface area contributed by atoms with Crippen LogP contribution in [0.2, 0.25) is 0 Å². The van der Waals surface area contributed by atoms with Crippen LogP contribution in [-0.2, 0) is 12.8 Å². The highest BCUT2D eigenvalue weighted by Gasteiger charge is 2.25. The number of aromatic nitrogens is 3. The predicted molar refractivity (Wildman–Crippen MR) is 112 cm³/mol. The third kappa shape index (κ3) is 3.44. The molecule has 0 aliphatic carbocycles. The van der Waals surface area contributed by atoms with E-state index in [1.54, 1.807) is 0 Å². The smallest absolute Gasteiger partial charge is 0.251 e. The van der Waals surface area contributed by atoms with Crippen LogP contribution in [0.4, 0.5) is 17.5 Å². The van der Waals surface area contributed by atoms with Crippen molar-refractivity contribution in [2.45, 2.75) is 25.7 Å². The van der Waals surface area contributed by atoms with Gasteiger partial charge in [-0.15, -0.1) is 5.10 Å². The topological polar surface area (TPSA) is 45.2 Å². The average Bonchev–Trinajstić information content (AvgIpc) is 3.19. The molecule has 2 aromatic carbocycles.